The molecule has 0 atom stereocenters. The Morgan fingerprint density at radius 3 is 2.60 bits per heavy atom. The average molecular weight is 291 g/mol. The van der Waals surface area contributed by atoms with Crippen LogP contribution in [0.15, 0.2) is 18.2 Å². The van der Waals surface area contributed by atoms with E-state index in [1.165, 1.54) is 11.3 Å². The van der Waals surface area contributed by atoms with Crippen LogP contribution in [0.1, 0.15) is 19.4 Å². The van der Waals surface area contributed by atoms with E-state index in [-0.39, 0.29) is 0 Å². The molecule has 0 heterocycles. The van der Waals surface area contributed by atoms with Crippen molar-refractivity contribution in [1.82, 2.24) is 0 Å². The Morgan fingerprint density at radius 2 is 2.07 bits per heavy atom. The van der Waals surface area contributed by atoms with Gasteiger partial charge in [0.25, 0.3) is 0 Å². The van der Waals surface area contributed by atoms with Gasteiger partial charge >= 0.3 is 0 Å². The summed E-state index contributed by atoms with van der Waals surface area (Å²) in [6, 6.07) is 6.04. The van der Waals surface area contributed by atoms with Gasteiger partial charge in [-0.3, -0.25) is 0 Å². The minimum absolute atomic E-state index is 0.650. The topological polar surface area (TPSA) is 3.24 Å². The van der Waals surface area contributed by atoms with Gasteiger partial charge in [0.1, 0.15) is 0 Å². The quantitative estimate of drug-likeness (QED) is 0.746. The second-order valence-electron chi connectivity index (χ2n) is 4.18. The smallest absolute Gasteiger partial charge is 0.0426 e. The van der Waals surface area contributed by atoms with Gasteiger partial charge in [0.2, 0.25) is 0 Å². The molecule has 0 aliphatic carbocycles. The molecule has 1 aromatic rings. The summed E-state index contributed by atoms with van der Waals surface area (Å²) < 4.78 is 0. The van der Waals surface area contributed by atoms with Crippen LogP contribution in [0.2, 0.25) is 5.02 Å². The van der Waals surface area contributed by atoms with Crippen molar-refractivity contribution in [3.05, 3.63) is 28.8 Å². The van der Waals surface area contributed by atoms with Crippen LogP contribution in [-0.2, 0) is 5.33 Å². The van der Waals surface area contributed by atoms with Gasteiger partial charge in [0.05, 0.1) is 0 Å². The van der Waals surface area contributed by atoms with E-state index in [9.17, 15) is 0 Å². The van der Waals surface area contributed by atoms with E-state index < -0.39 is 0 Å². The predicted octanol–water partition coefficient (Wildman–Crippen LogP) is 4.33. The minimum atomic E-state index is 0.650. The largest absolute Gasteiger partial charge is 0.374 e. The summed E-state index contributed by atoms with van der Waals surface area (Å²) >= 11 is 9.51. The van der Waals surface area contributed by atoms with Gasteiger partial charge in [-0.15, -0.1) is 0 Å². The first-order valence-corrected chi connectivity index (χ1v) is 6.60. The summed E-state index contributed by atoms with van der Waals surface area (Å²) in [5.41, 5.74) is 2.50. The molecule has 0 spiro atoms. The zero-order chi connectivity index (χ0) is 11.4. The van der Waals surface area contributed by atoms with Crippen molar-refractivity contribution in [2.75, 3.05) is 18.5 Å². The van der Waals surface area contributed by atoms with Crippen LogP contribution < -0.4 is 4.90 Å². The molecule has 0 aliphatic heterocycles. The molecule has 1 aromatic carbocycles. The third-order valence-electron chi connectivity index (χ3n) is 2.24. The lowest BCUT2D eigenvalue weighted by Gasteiger charge is -2.24. The minimum Gasteiger partial charge on any atom is -0.374 e. The second kappa shape index (κ2) is 5.76. The summed E-state index contributed by atoms with van der Waals surface area (Å²) in [7, 11) is 2.11. The summed E-state index contributed by atoms with van der Waals surface area (Å²) in [6.07, 6.45) is 0. The van der Waals surface area contributed by atoms with Crippen molar-refractivity contribution in [2.24, 2.45) is 5.92 Å². The van der Waals surface area contributed by atoms with E-state index in [1.807, 2.05) is 12.1 Å². The number of nitrogens with zero attached hydrogens (tertiary/aromatic N) is 1. The van der Waals surface area contributed by atoms with Crippen LogP contribution in [0, 0.1) is 5.92 Å². The van der Waals surface area contributed by atoms with E-state index in [0.29, 0.717) is 5.92 Å². The molecule has 0 unspecified atom stereocenters. The van der Waals surface area contributed by atoms with Crippen molar-refractivity contribution in [1.29, 1.82) is 0 Å². The molecular weight excluding hydrogens is 273 g/mol. The van der Waals surface area contributed by atoms with E-state index in [4.69, 9.17) is 11.6 Å². The predicted molar refractivity (Wildman–Crippen MR) is 72.2 cm³/mol. The van der Waals surface area contributed by atoms with Gasteiger partial charge in [-0.2, -0.15) is 0 Å². The molecule has 0 amide bonds. The monoisotopic (exact) mass is 289 g/mol. The van der Waals surface area contributed by atoms with Gasteiger partial charge in [-0.25, -0.2) is 0 Å². The van der Waals surface area contributed by atoms with E-state index in [2.05, 4.69) is 47.8 Å². The fourth-order valence-electron chi connectivity index (χ4n) is 1.65. The van der Waals surface area contributed by atoms with Crippen LogP contribution in [0.5, 0.6) is 0 Å². The number of hydrogen-bond acceptors (Lipinski definition) is 1. The molecule has 0 radical (unpaired) electrons. The van der Waals surface area contributed by atoms with E-state index in [0.717, 1.165) is 16.9 Å². The summed E-state index contributed by atoms with van der Waals surface area (Å²) in [5.74, 6) is 0.650. The van der Waals surface area contributed by atoms with Gasteiger partial charge in [0, 0.05) is 29.6 Å². The first-order chi connectivity index (χ1) is 7.04. The van der Waals surface area contributed by atoms with Gasteiger partial charge in [-0.1, -0.05) is 47.4 Å². The Kier molecular flexibility index (Phi) is 4.94. The number of hydrogen-bond donors (Lipinski definition) is 0. The molecule has 0 aliphatic rings. The molecule has 0 N–H and O–H groups in total. The van der Waals surface area contributed by atoms with Crippen molar-refractivity contribution in [3.8, 4) is 0 Å². The standard InChI is InChI=1S/C12H17BrClN/c1-9(2)8-15(3)12-6-11(14)5-4-10(12)7-13/h4-6,9H,7-8H2,1-3H3. The number of anilines is 1. The van der Waals surface area contributed by atoms with Crippen molar-refractivity contribution in [2.45, 2.75) is 19.2 Å². The van der Waals surface area contributed by atoms with Crippen LogP contribution >= 0.6 is 27.5 Å². The maximum atomic E-state index is 6.01. The molecule has 1 rings (SSSR count). The Hall–Kier alpha value is -0.210. The zero-order valence-corrected chi connectivity index (χ0v) is 11.8. The lowest BCUT2D eigenvalue weighted by Crippen LogP contribution is -2.23. The molecule has 0 saturated heterocycles. The number of rotatable bonds is 4. The van der Waals surface area contributed by atoms with Crippen molar-refractivity contribution < 1.29 is 0 Å². The molecule has 0 bridgehead atoms. The van der Waals surface area contributed by atoms with Crippen LogP contribution in [0.3, 0.4) is 0 Å². The summed E-state index contributed by atoms with van der Waals surface area (Å²) in [4.78, 5) is 2.26. The molecule has 84 valence electrons. The van der Waals surface area contributed by atoms with Gasteiger partial charge in [0.15, 0.2) is 0 Å². The zero-order valence-electron chi connectivity index (χ0n) is 9.43. The third kappa shape index (κ3) is 3.69. The highest BCUT2D eigenvalue weighted by Crippen LogP contribution is 2.26. The fourth-order valence-corrected chi connectivity index (χ4v) is 2.29. The second-order valence-corrected chi connectivity index (χ2v) is 5.18. The van der Waals surface area contributed by atoms with Crippen molar-refractivity contribution in [3.63, 3.8) is 0 Å². The lowest BCUT2D eigenvalue weighted by molar-refractivity contribution is 0.637. The molecule has 0 aromatic heterocycles. The van der Waals surface area contributed by atoms with Crippen LogP contribution in [0.25, 0.3) is 0 Å². The SMILES string of the molecule is CC(C)CN(C)c1cc(Cl)ccc1CBr. The number of halogens is 2. The average Bonchev–Trinajstić information content (AvgIpc) is 2.16. The molecule has 3 heteroatoms. The maximum Gasteiger partial charge on any atom is 0.0426 e. The van der Waals surface area contributed by atoms with Crippen LogP contribution in [-0.4, -0.2) is 13.6 Å². The molecule has 0 saturated carbocycles. The summed E-state index contributed by atoms with van der Waals surface area (Å²) in [6.45, 7) is 5.48. The first-order valence-electron chi connectivity index (χ1n) is 5.10. The number of alkyl halides is 1. The fraction of sp³-hybridized carbons (Fsp3) is 0.500. The van der Waals surface area contributed by atoms with Gasteiger partial charge in [-0.05, 0) is 23.6 Å². The Morgan fingerprint density at radius 1 is 1.40 bits per heavy atom. The Bertz CT molecular complexity index is 325. The number of benzene rings is 1. The highest BCUT2D eigenvalue weighted by Gasteiger charge is 2.08. The maximum absolute atomic E-state index is 6.01. The van der Waals surface area contributed by atoms with Gasteiger partial charge < -0.3 is 4.90 Å². The highest BCUT2D eigenvalue weighted by atomic mass is 79.9. The molecular formula is C12H17BrClN. The third-order valence-corrected chi connectivity index (χ3v) is 3.08. The highest BCUT2D eigenvalue weighted by molar-refractivity contribution is 9.08. The molecule has 0 fully saturated rings. The first kappa shape index (κ1) is 12.9. The lowest BCUT2D eigenvalue weighted by atomic mass is 10.1. The van der Waals surface area contributed by atoms with E-state index >= 15 is 0 Å². The van der Waals surface area contributed by atoms with Crippen LogP contribution in [0.4, 0.5) is 5.69 Å². The molecule has 15 heavy (non-hydrogen) atoms. The summed E-state index contributed by atoms with van der Waals surface area (Å²) in [5, 5.41) is 1.66. The van der Waals surface area contributed by atoms with E-state index in [1.54, 1.807) is 0 Å². The Labute approximate surface area is 106 Å². The van der Waals surface area contributed by atoms with Crippen molar-refractivity contribution >= 4 is 33.2 Å². The Balaban J connectivity index is 2.94. The normalized spacial score (nSPS) is 10.8. The molecule has 1 nitrogen and oxygen atoms in total.